The molecule has 0 radical (unpaired) electrons. The Labute approximate surface area is 225 Å². The van der Waals surface area contributed by atoms with Crippen LogP contribution in [0, 0.1) is 34.5 Å². The number of nitrogens with one attached hydrogen (secondary N) is 2. The molecule has 4 aliphatic rings. The van der Waals surface area contributed by atoms with Crippen LogP contribution in [-0.4, -0.2) is 33.0 Å². The maximum Gasteiger partial charge on any atom is 0.277 e. The van der Waals surface area contributed by atoms with E-state index < -0.39 is 0 Å². The number of H-pyrrole nitrogens is 1. The number of aromatic nitrogens is 2. The Bertz CT molecular complexity index is 1280. The normalized spacial score (nSPS) is 36.6. The molecular formula is C31H41N5O2. The third kappa shape index (κ3) is 3.93. The van der Waals surface area contributed by atoms with Gasteiger partial charge in [0.05, 0.1) is 11.8 Å². The number of carbonyl (C=O) groups excluding carboxylic acids is 1. The lowest BCUT2D eigenvalue weighted by atomic mass is 9.47. The van der Waals surface area contributed by atoms with Crippen molar-refractivity contribution in [1.82, 2.24) is 15.6 Å². The van der Waals surface area contributed by atoms with Crippen molar-refractivity contribution >= 4 is 17.4 Å². The van der Waals surface area contributed by atoms with Crippen molar-refractivity contribution in [3.05, 3.63) is 47.5 Å². The summed E-state index contributed by atoms with van der Waals surface area (Å²) < 4.78 is 0. The summed E-state index contributed by atoms with van der Waals surface area (Å²) in [6, 6.07) is 9.62. The van der Waals surface area contributed by atoms with Crippen molar-refractivity contribution in [1.29, 1.82) is 0 Å². The van der Waals surface area contributed by atoms with Crippen LogP contribution in [0.5, 0.6) is 0 Å². The fraction of sp³-hybridized carbons (Fsp3) is 0.581. The molecule has 38 heavy (non-hydrogen) atoms. The molecule has 0 aliphatic heterocycles. The molecule has 2 aromatic rings. The van der Waals surface area contributed by atoms with E-state index in [2.05, 4.69) is 47.6 Å². The Morgan fingerprint density at radius 2 is 1.92 bits per heavy atom. The molecular weight excluding hydrogens is 474 g/mol. The number of fused-ring (bicyclic) bond motifs is 5. The van der Waals surface area contributed by atoms with Crippen LogP contribution in [0.15, 0.2) is 47.1 Å². The number of benzene rings is 1. The molecule has 0 saturated heterocycles. The highest BCUT2D eigenvalue weighted by molar-refractivity contribution is 6.04. The summed E-state index contributed by atoms with van der Waals surface area (Å²) in [6.07, 6.45) is 11.2. The number of carbonyl (C=O) groups is 1. The number of nitrogen functional groups attached to an aromatic ring is 1. The van der Waals surface area contributed by atoms with Gasteiger partial charge in [-0.2, -0.15) is 10.2 Å². The molecule has 0 spiro atoms. The van der Waals surface area contributed by atoms with Gasteiger partial charge in [-0.1, -0.05) is 55.8 Å². The topological polar surface area (TPSA) is 116 Å². The molecule has 7 heteroatoms. The van der Waals surface area contributed by atoms with Crippen LogP contribution in [0.1, 0.15) is 82.5 Å². The number of hydrogen-bond donors (Lipinski definition) is 4. The highest BCUT2D eigenvalue weighted by atomic mass is 16.3. The van der Waals surface area contributed by atoms with Gasteiger partial charge < -0.3 is 10.8 Å². The number of hydrogen-bond acceptors (Lipinski definition) is 5. The number of aromatic amines is 1. The van der Waals surface area contributed by atoms with Gasteiger partial charge in [-0.15, -0.1) is 0 Å². The van der Waals surface area contributed by atoms with Gasteiger partial charge >= 0.3 is 0 Å². The molecule has 5 N–H and O–H groups in total. The lowest BCUT2D eigenvalue weighted by Crippen LogP contribution is -2.51. The average Bonchev–Trinajstić information content (AvgIpc) is 3.47. The predicted octanol–water partition coefficient (Wildman–Crippen LogP) is 5.70. The fourth-order valence-electron chi connectivity index (χ4n) is 9.00. The largest absolute Gasteiger partial charge is 0.393 e. The van der Waals surface area contributed by atoms with Crippen molar-refractivity contribution in [2.75, 3.05) is 5.73 Å². The second-order valence-electron chi connectivity index (χ2n) is 12.7. The van der Waals surface area contributed by atoms with Gasteiger partial charge in [-0.3, -0.25) is 9.89 Å². The van der Waals surface area contributed by atoms with E-state index in [1.54, 1.807) is 0 Å². The Kier molecular flexibility index (Phi) is 6.25. The summed E-state index contributed by atoms with van der Waals surface area (Å²) >= 11 is 0. The predicted molar refractivity (Wildman–Crippen MR) is 150 cm³/mol. The van der Waals surface area contributed by atoms with Crippen LogP contribution >= 0.6 is 0 Å². The van der Waals surface area contributed by atoms with Crippen molar-refractivity contribution in [2.24, 2.45) is 39.6 Å². The Balaban J connectivity index is 1.20. The monoisotopic (exact) mass is 515 g/mol. The molecule has 202 valence electrons. The number of allylic oxidation sites excluding steroid dienone is 1. The molecule has 1 amide bonds. The SMILES string of the molecule is C/C(=N\NC(=O)c1c(N)n[nH]c1-c1ccccc1)[C@H]1CC[C@H]2[C@@H]3CC=C4C[C@@H](O)CC[C@]4(C)[C@H]3CC[C@]12C. The number of aliphatic hydroxyl groups excluding tert-OH is 1. The average molecular weight is 516 g/mol. The lowest BCUT2D eigenvalue weighted by Gasteiger charge is -2.58. The van der Waals surface area contributed by atoms with Crippen molar-refractivity contribution in [2.45, 2.75) is 78.2 Å². The Hall–Kier alpha value is -2.93. The van der Waals surface area contributed by atoms with Gasteiger partial charge in [0.2, 0.25) is 0 Å². The number of amides is 1. The Morgan fingerprint density at radius 3 is 2.71 bits per heavy atom. The van der Waals surface area contributed by atoms with E-state index in [1.165, 1.54) is 24.8 Å². The second kappa shape index (κ2) is 9.37. The molecule has 0 unspecified atom stereocenters. The van der Waals surface area contributed by atoms with Crippen molar-refractivity contribution in [3.8, 4) is 11.3 Å². The van der Waals surface area contributed by atoms with Gasteiger partial charge in [0, 0.05) is 17.2 Å². The molecule has 3 saturated carbocycles. The molecule has 1 heterocycles. The summed E-state index contributed by atoms with van der Waals surface area (Å²) in [6.45, 7) is 7.02. The number of nitrogens with two attached hydrogens (primary N) is 1. The van der Waals surface area contributed by atoms with Crippen LogP contribution in [0.4, 0.5) is 5.82 Å². The summed E-state index contributed by atoms with van der Waals surface area (Å²) in [4.78, 5) is 13.2. The first-order chi connectivity index (χ1) is 18.2. The van der Waals surface area contributed by atoms with Crippen molar-refractivity contribution < 1.29 is 9.90 Å². The first-order valence-corrected chi connectivity index (χ1v) is 14.3. The van der Waals surface area contributed by atoms with E-state index >= 15 is 0 Å². The van der Waals surface area contributed by atoms with Gasteiger partial charge in [-0.25, -0.2) is 5.43 Å². The number of rotatable bonds is 4. The minimum absolute atomic E-state index is 0.161. The summed E-state index contributed by atoms with van der Waals surface area (Å²) in [5.41, 5.74) is 13.6. The molecule has 1 aromatic carbocycles. The molecule has 0 bridgehead atoms. The fourth-order valence-corrected chi connectivity index (χ4v) is 9.00. The van der Waals surface area contributed by atoms with Gasteiger partial charge in [0.1, 0.15) is 5.56 Å². The number of hydrazone groups is 1. The molecule has 3 fully saturated rings. The highest BCUT2D eigenvalue weighted by Crippen LogP contribution is 2.66. The quantitative estimate of drug-likeness (QED) is 0.237. The molecule has 1 aromatic heterocycles. The van der Waals surface area contributed by atoms with E-state index in [1.807, 2.05) is 30.3 Å². The van der Waals surface area contributed by atoms with E-state index in [9.17, 15) is 9.90 Å². The summed E-state index contributed by atoms with van der Waals surface area (Å²) in [5.74, 6) is 2.27. The second-order valence-corrected chi connectivity index (χ2v) is 12.7. The third-order valence-electron chi connectivity index (χ3n) is 11.0. The molecule has 7 nitrogen and oxygen atoms in total. The number of aliphatic hydroxyl groups is 1. The standard InChI is InChI=1S/C31H41N5O2/c1-18(33-36-29(38)26-27(34-35-28(26)32)19-7-5-4-6-8-19)23-11-12-24-22-10-9-20-17-21(37)13-15-30(20,2)25(22)14-16-31(23,24)3/h4-9,21-25,37H,10-17H2,1-3H3,(H,36,38)(H3,32,34,35)/b33-18+/t21-,22-,23+,24-,25-,30-,31+/m0/s1. The maximum atomic E-state index is 13.2. The number of nitrogens with zero attached hydrogens (tertiary/aromatic N) is 2. The minimum atomic E-state index is -0.338. The highest BCUT2D eigenvalue weighted by Gasteiger charge is 2.59. The zero-order chi connectivity index (χ0) is 26.7. The summed E-state index contributed by atoms with van der Waals surface area (Å²) in [5, 5.41) is 21.9. The van der Waals surface area contributed by atoms with E-state index in [4.69, 9.17) is 5.73 Å². The molecule has 4 aliphatic carbocycles. The first-order valence-electron chi connectivity index (χ1n) is 14.3. The van der Waals surface area contributed by atoms with Gasteiger partial charge in [-0.05, 0) is 86.9 Å². The zero-order valence-electron chi connectivity index (χ0n) is 22.8. The number of anilines is 1. The van der Waals surface area contributed by atoms with Crippen molar-refractivity contribution in [3.63, 3.8) is 0 Å². The van der Waals surface area contributed by atoms with Crippen LogP contribution in [0.3, 0.4) is 0 Å². The lowest BCUT2D eigenvalue weighted by molar-refractivity contribution is -0.0423. The summed E-state index contributed by atoms with van der Waals surface area (Å²) in [7, 11) is 0. The van der Waals surface area contributed by atoms with Crippen LogP contribution in [0.25, 0.3) is 11.3 Å². The smallest absolute Gasteiger partial charge is 0.277 e. The van der Waals surface area contributed by atoms with Gasteiger partial charge in [0.15, 0.2) is 5.82 Å². The molecule has 6 rings (SSSR count). The first kappa shape index (κ1) is 25.4. The van der Waals surface area contributed by atoms with Crippen LogP contribution < -0.4 is 11.2 Å². The van der Waals surface area contributed by atoms with Crippen LogP contribution in [-0.2, 0) is 0 Å². The van der Waals surface area contributed by atoms with E-state index in [0.717, 1.165) is 43.4 Å². The Morgan fingerprint density at radius 1 is 1.13 bits per heavy atom. The zero-order valence-corrected chi connectivity index (χ0v) is 22.8. The maximum absolute atomic E-state index is 13.2. The van der Waals surface area contributed by atoms with Gasteiger partial charge in [0.25, 0.3) is 5.91 Å². The third-order valence-corrected chi connectivity index (χ3v) is 11.0. The van der Waals surface area contributed by atoms with E-state index in [-0.39, 0.29) is 28.7 Å². The van der Waals surface area contributed by atoms with E-state index in [0.29, 0.717) is 34.9 Å². The molecule has 7 atom stereocenters. The minimum Gasteiger partial charge on any atom is -0.393 e. The van der Waals surface area contributed by atoms with Crippen LogP contribution in [0.2, 0.25) is 0 Å².